The van der Waals surface area contributed by atoms with Crippen molar-refractivity contribution in [3.8, 4) is 22.6 Å². The van der Waals surface area contributed by atoms with Gasteiger partial charge in [-0.05, 0) is 70.2 Å². The number of nitrogens with zero attached hydrogens (tertiary/aromatic N) is 5. The molecule has 4 aromatic rings. The second kappa shape index (κ2) is 10.4. The van der Waals surface area contributed by atoms with E-state index < -0.39 is 0 Å². The first kappa shape index (κ1) is 23.2. The molecule has 1 aliphatic rings. The molecule has 1 fully saturated rings. The van der Waals surface area contributed by atoms with Crippen LogP contribution in [0.5, 0.6) is 0 Å². The van der Waals surface area contributed by atoms with E-state index in [1.165, 1.54) is 19.3 Å². The summed E-state index contributed by atoms with van der Waals surface area (Å²) < 4.78 is 0. The fourth-order valence-corrected chi connectivity index (χ4v) is 4.70. The summed E-state index contributed by atoms with van der Waals surface area (Å²) >= 11 is 0. The Hall–Kier alpha value is -3.56. The molecule has 2 aromatic heterocycles. The molecule has 0 aliphatic carbocycles. The number of aromatic nitrogens is 5. The zero-order chi connectivity index (χ0) is 24.2. The molecule has 1 atom stereocenters. The van der Waals surface area contributed by atoms with Crippen molar-refractivity contribution in [1.29, 1.82) is 0 Å². The molecule has 1 unspecified atom stereocenters. The first-order valence-corrected chi connectivity index (χ1v) is 12.2. The molecular weight excluding hydrogens is 440 g/mol. The van der Waals surface area contributed by atoms with Gasteiger partial charge in [0.1, 0.15) is 0 Å². The predicted molar refractivity (Wildman–Crippen MR) is 138 cm³/mol. The van der Waals surface area contributed by atoms with Crippen LogP contribution in [0.2, 0.25) is 0 Å². The number of carbonyl (C=O) groups excluding carboxylic acids is 1. The Balaban J connectivity index is 1.40. The number of H-pyrrole nitrogens is 2. The number of piperidine rings is 1. The first-order valence-electron chi connectivity index (χ1n) is 12.2. The molecule has 9 heteroatoms. The van der Waals surface area contributed by atoms with Gasteiger partial charge in [-0.3, -0.25) is 15.0 Å². The minimum Gasteiger partial charge on any atom is -0.315 e. The Bertz CT molecular complexity index is 1290. The number of aromatic amines is 2. The van der Waals surface area contributed by atoms with Crippen LogP contribution in [0.25, 0.3) is 33.5 Å². The zero-order valence-electron chi connectivity index (χ0n) is 20.3. The van der Waals surface area contributed by atoms with Crippen LogP contribution in [0.1, 0.15) is 31.5 Å². The Kier molecular flexibility index (Phi) is 6.87. The Morgan fingerprint density at radius 1 is 1.06 bits per heavy atom. The number of hydrogen-bond donors (Lipinski definition) is 3. The molecule has 1 aliphatic heterocycles. The summed E-state index contributed by atoms with van der Waals surface area (Å²) in [4.78, 5) is 20.4. The van der Waals surface area contributed by atoms with Gasteiger partial charge in [0.25, 0.3) is 0 Å². The maximum Gasteiger partial charge on any atom is 0.214 e. The average molecular weight is 473 g/mol. The minimum absolute atomic E-state index is 0.484. The van der Waals surface area contributed by atoms with E-state index in [0.29, 0.717) is 19.1 Å². The van der Waals surface area contributed by atoms with Crippen LogP contribution in [0.3, 0.4) is 0 Å². The van der Waals surface area contributed by atoms with E-state index in [-0.39, 0.29) is 0 Å². The highest BCUT2D eigenvalue weighted by molar-refractivity contribution is 5.96. The predicted octanol–water partition coefficient (Wildman–Crippen LogP) is 3.57. The van der Waals surface area contributed by atoms with E-state index in [1.54, 1.807) is 4.90 Å². The van der Waals surface area contributed by atoms with Crippen LogP contribution in [-0.2, 0) is 11.3 Å². The SMILES string of the molecule is CN(C)Cc1n[nH]c(-c2ccc3[nH]nc(-c4cccc(N(C=O)CCC5CCCCN5)c4)c3c2)n1. The minimum atomic E-state index is 0.484. The lowest BCUT2D eigenvalue weighted by Gasteiger charge is -2.26. The van der Waals surface area contributed by atoms with Crippen LogP contribution in [-0.4, -0.2) is 69.9 Å². The van der Waals surface area contributed by atoms with Crippen molar-refractivity contribution in [2.75, 3.05) is 32.1 Å². The third kappa shape index (κ3) is 5.26. The van der Waals surface area contributed by atoms with E-state index in [9.17, 15) is 4.79 Å². The number of carbonyl (C=O) groups is 1. The van der Waals surface area contributed by atoms with Gasteiger partial charge < -0.3 is 15.1 Å². The highest BCUT2D eigenvalue weighted by atomic mass is 16.1. The quantitative estimate of drug-likeness (QED) is 0.322. The molecule has 0 bridgehead atoms. The third-order valence-electron chi connectivity index (χ3n) is 6.53. The van der Waals surface area contributed by atoms with E-state index in [0.717, 1.165) is 64.4 Å². The molecule has 35 heavy (non-hydrogen) atoms. The molecule has 5 rings (SSSR count). The van der Waals surface area contributed by atoms with Gasteiger partial charge in [-0.25, -0.2) is 4.98 Å². The topological polar surface area (TPSA) is 106 Å². The third-order valence-corrected chi connectivity index (χ3v) is 6.53. The molecule has 3 N–H and O–H groups in total. The van der Waals surface area contributed by atoms with E-state index in [2.05, 4.69) is 36.8 Å². The van der Waals surface area contributed by atoms with Gasteiger partial charge in [0, 0.05) is 34.8 Å². The summed E-state index contributed by atoms with van der Waals surface area (Å²) in [7, 11) is 3.99. The molecule has 1 saturated heterocycles. The van der Waals surface area contributed by atoms with Gasteiger partial charge in [0.05, 0.1) is 17.8 Å². The fraction of sp³-hybridized carbons (Fsp3) is 0.385. The van der Waals surface area contributed by atoms with Crippen molar-refractivity contribution < 1.29 is 4.79 Å². The van der Waals surface area contributed by atoms with Gasteiger partial charge in [-0.15, -0.1) is 0 Å². The van der Waals surface area contributed by atoms with Crippen LogP contribution in [0.4, 0.5) is 5.69 Å². The summed E-state index contributed by atoms with van der Waals surface area (Å²) in [5.74, 6) is 1.48. The largest absolute Gasteiger partial charge is 0.315 e. The number of fused-ring (bicyclic) bond motifs is 1. The van der Waals surface area contributed by atoms with Crippen LogP contribution >= 0.6 is 0 Å². The molecular formula is C26H32N8O. The maximum atomic E-state index is 11.9. The fourth-order valence-electron chi connectivity index (χ4n) is 4.70. The summed E-state index contributed by atoms with van der Waals surface area (Å²) in [6.45, 7) is 2.43. The van der Waals surface area contributed by atoms with Crippen molar-refractivity contribution in [1.82, 2.24) is 35.6 Å². The van der Waals surface area contributed by atoms with Gasteiger partial charge in [-0.1, -0.05) is 18.6 Å². The molecule has 2 aromatic carbocycles. The van der Waals surface area contributed by atoms with Gasteiger partial charge in [-0.2, -0.15) is 10.2 Å². The number of amides is 1. The van der Waals surface area contributed by atoms with Crippen molar-refractivity contribution in [3.63, 3.8) is 0 Å². The molecule has 1 amide bonds. The van der Waals surface area contributed by atoms with E-state index in [4.69, 9.17) is 0 Å². The van der Waals surface area contributed by atoms with E-state index >= 15 is 0 Å². The first-order chi connectivity index (χ1) is 17.1. The van der Waals surface area contributed by atoms with Gasteiger partial charge in [0.2, 0.25) is 6.41 Å². The summed E-state index contributed by atoms with van der Waals surface area (Å²) in [5, 5.41) is 19.7. The molecule has 0 radical (unpaired) electrons. The number of nitrogens with one attached hydrogen (secondary N) is 3. The summed E-state index contributed by atoms with van der Waals surface area (Å²) in [6.07, 6.45) is 5.55. The lowest BCUT2D eigenvalue weighted by atomic mass is 10.0. The standard InChI is InChI=1S/C26H32N8O/c1-33(2)16-24-28-26(32-30-24)19-9-10-23-22(15-19)25(31-29-23)18-6-5-8-21(14-18)34(17-35)13-11-20-7-3-4-12-27-20/h5-6,8-10,14-15,17,20,27H,3-4,7,11-13,16H2,1-2H3,(H,29,31)(H,28,30,32). The Morgan fingerprint density at radius 3 is 2.77 bits per heavy atom. The molecule has 0 saturated carbocycles. The van der Waals surface area contributed by atoms with E-state index in [1.807, 2.05) is 55.4 Å². The second-order valence-corrected chi connectivity index (χ2v) is 9.46. The Labute approximate surface area is 204 Å². The van der Waals surface area contributed by atoms with Crippen molar-refractivity contribution in [3.05, 3.63) is 48.3 Å². The molecule has 182 valence electrons. The van der Waals surface area contributed by atoms with Crippen LogP contribution in [0, 0.1) is 0 Å². The number of hydrogen-bond acceptors (Lipinski definition) is 6. The van der Waals surface area contributed by atoms with Gasteiger partial charge >= 0.3 is 0 Å². The smallest absolute Gasteiger partial charge is 0.214 e. The highest BCUT2D eigenvalue weighted by Crippen LogP contribution is 2.31. The summed E-state index contributed by atoms with van der Waals surface area (Å²) in [5.41, 5.74) is 4.57. The highest BCUT2D eigenvalue weighted by Gasteiger charge is 2.16. The lowest BCUT2D eigenvalue weighted by molar-refractivity contribution is -0.107. The van der Waals surface area contributed by atoms with Crippen molar-refractivity contribution >= 4 is 23.0 Å². The second-order valence-electron chi connectivity index (χ2n) is 9.46. The maximum absolute atomic E-state index is 11.9. The average Bonchev–Trinajstić information content (AvgIpc) is 3.51. The molecule has 0 spiro atoms. The summed E-state index contributed by atoms with van der Waals surface area (Å²) in [6, 6.07) is 14.6. The van der Waals surface area contributed by atoms with Crippen molar-refractivity contribution in [2.45, 2.75) is 38.3 Å². The Morgan fingerprint density at radius 2 is 1.97 bits per heavy atom. The number of benzene rings is 2. The van der Waals surface area contributed by atoms with Gasteiger partial charge in [0.15, 0.2) is 11.6 Å². The molecule has 9 nitrogen and oxygen atoms in total. The van der Waals surface area contributed by atoms with Crippen molar-refractivity contribution in [2.24, 2.45) is 0 Å². The van der Waals surface area contributed by atoms with Crippen LogP contribution in [0.15, 0.2) is 42.5 Å². The normalized spacial score (nSPS) is 16.1. The van der Waals surface area contributed by atoms with Crippen LogP contribution < -0.4 is 10.2 Å². The number of rotatable bonds is 9. The zero-order valence-corrected chi connectivity index (χ0v) is 20.3. The molecule has 3 heterocycles. The number of anilines is 1. The lowest BCUT2D eigenvalue weighted by Crippen LogP contribution is -2.37. The monoisotopic (exact) mass is 472 g/mol.